The van der Waals surface area contributed by atoms with Gasteiger partial charge in [0.1, 0.15) is 0 Å². The molecule has 1 heterocycles. The predicted molar refractivity (Wildman–Crippen MR) is 89.6 cm³/mol. The SMILES string of the molecule is NC1=NCC(c2ccc(Cl)c(Cl)c2)N1c1cccc(Cl)c1. The van der Waals surface area contributed by atoms with Crippen LogP contribution in [0.3, 0.4) is 0 Å². The molecule has 0 spiro atoms. The molecule has 0 radical (unpaired) electrons. The van der Waals surface area contributed by atoms with Gasteiger partial charge < -0.3 is 10.6 Å². The molecule has 0 aromatic heterocycles. The minimum atomic E-state index is -0.0155. The summed E-state index contributed by atoms with van der Waals surface area (Å²) in [6.07, 6.45) is 0. The summed E-state index contributed by atoms with van der Waals surface area (Å²) in [5.74, 6) is 0.466. The standard InChI is InChI=1S/C15H12Cl3N3/c16-10-2-1-3-11(7-10)21-14(8-20-15(21)19)9-4-5-12(17)13(18)6-9/h1-7,14H,8H2,(H2,19,20). The summed E-state index contributed by atoms with van der Waals surface area (Å²) in [6, 6.07) is 13.1. The van der Waals surface area contributed by atoms with Gasteiger partial charge in [-0.05, 0) is 35.9 Å². The number of anilines is 1. The van der Waals surface area contributed by atoms with E-state index in [1.807, 2.05) is 41.3 Å². The lowest BCUT2D eigenvalue weighted by atomic mass is 10.1. The second kappa shape index (κ2) is 5.76. The Kier molecular flexibility index (Phi) is 3.98. The summed E-state index contributed by atoms with van der Waals surface area (Å²) in [5.41, 5.74) is 7.94. The van der Waals surface area contributed by atoms with E-state index in [1.165, 1.54) is 0 Å². The fourth-order valence-electron chi connectivity index (χ4n) is 2.41. The first-order chi connectivity index (χ1) is 10.1. The zero-order chi connectivity index (χ0) is 15.0. The van der Waals surface area contributed by atoms with Gasteiger partial charge in [0.2, 0.25) is 0 Å². The highest BCUT2D eigenvalue weighted by Gasteiger charge is 2.29. The van der Waals surface area contributed by atoms with E-state index >= 15 is 0 Å². The number of benzene rings is 2. The van der Waals surface area contributed by atoms with E-state index in [-0.39, 0.29) is 6.04 Å². The van der Waals surface area contributed by atoms with Crippen LogP contribution in [0.25, 0.3) is 0 Å². The molecule has 108 valence electrons. The molecule has 0 saturated heterocycles. The molecule has 3 rings (SSSR count). The molecule has 1 unspecified atom stereocenters. The van der Waals surface area contributed by atoms with Crippen molar-refractivity contribution in [3.8, 4) is 0 Å². The highest BCUT2D eigenvalue weighted by Crippen LogP contribution is 2.34. The van der Waals surface area contributed by atoms with Crippen molar-refractivity contribution in [3.63, 3.8) is 0 Å². The van der Waals surface area contributed by atoms with Gasteiger partial charge in [0.05, 0.1) is 22.6 Å². The molecule has 21 heavy (non-hydrogen) atoms. The van der Waals surface area contributed by atoms with Crippen LogP contribution >= 0.6 is 34.8 Å². The van der Waals surface area contributed by atoms with E-state index in [0.717, 1.165) is 11.3 Å². The first kappa shape index (κ1) is 14.5. The summed E-state index contributed by atoms with van der Waals surface area (Å²) in [4.78, 5) is 6.28. The molecule has 0 amide bonds. The number of rotatable bonds is 2. The molecule has 3 nitrogen and oxygen atoms in total. The van der Waals surface area contributed by atoms with Crippen LogP contribution < -0.4 is 10.6 Å². The number of hydrogen-bond donors (Lipinski definition) is 1. The molecule has 2 aromatic carbocycles. The van der Waals surface area contributed by atoms with Crippen molar-refractivity contribution in [1.29, 1.82) is 0 Å². The van der Waals surface area contributed by atoms with Gasteiger partial charge >= 0.3 is 0 Å². The van der Waals surface area contributed by atoms with Gasteiger partial charge in [-0.3, -0.25) is 4.99 Å². The van der Waals surface area contributed by atoms with Crippen LogP contribution in [0.2, 0.25) is 15.1 Å². The molecule has 1 aliphatic heterocycles. The molecule has 0 fully saturated rings. The van der Waals surface area contributed by atoms with E-state index in [0.29, 0.717) is 27.6 Å². The van der Waals surface area contributed by atoms with Crippen LogP contribution in [0.1, 0.15) is 11.6 Å². The maximum atomic E-state index is 6.11. The smallest absolute Gasteiger partial charge is 0.196 e. The van der Waals surface area contributed by atoms with Crippen molar-refractivity contribution in [3.05, 3.63) is 63.1 Å². The highest BCUT2D eigenvalue weighted by molar-refractivity contribution is 6.42. The summed E-state index contributed by atoms with van der Waals surface area (Å²) < 4.78 is 0. The molecule has 0 bridgehead atoms. The fourth-order valence-corrected chi connectivity index (χ4v) is 2.90. The molecule has 0 saturated carbocycles. The third-order valence-corrected chi connectivity index (χ3v) is 4.37. The Labute approximate surface area is 137 Å². The van der Waals surface area contributed by atoms with Gasteiger partial charge in [-0.25, -0.2) is 0 Å². The van der Waals surface area contributed by atoms with Crippen LogP contribution in [0, 0.1) is 0 Å². The maximum Gasteiger partial charge on any atom is 0.196 e. The molecule has 1 atom stereocenters. The van der Waals surface area contributed by atoms with E-state index in [1.54, 1.807) is 6.07 Å². The summed E-state index contributed by atoms with van der Waals surface area (Å²) in [6.45, 7) is 0.566. The zero-order valence-electron chi connectivity index (χ0n) is 10.9. The average Bonchev–Trinajstić information content (AvgIpc) is 2.84. The van der Waals surface area contributed by atoms with Crippen LogP contribution in [-0.2, 0) is 0 Å². The second-order valence-corrected chi connectivity index (χ2v) is 5.99. The number of nitrogens with two attached hydrogens (primary N) is 1. The maximum absolute atomic E-state index is 6.11. The van der Waals surface area contributed by atoms with Gasteiger partial charge in [-0.15, -0.1) is 0 Å². The van der Waals surface area contributed by atoms with E-state index < -0.39 is 0 Å². The van der Waals surface area contributed by atoms with Crippen molar-refractivity contribution >= 4 is 46.4 Å². The van der Waals surface area contributed by atoms with Gasteiger partial charge in [0.25, 0.3) is 0 Å². The number of halogens is 3. The number of aliphatic imine (C=N–C) groups is 1. The lowest BCUT2D eigenvalue weighted by molar-refractivity contribution is 0.769. The number of hydrogen-bond acceptors (Lipinski definition) is 3. The first-order valence-corrected chi connectivity index (χ1v) is 7.49. The van der Waals surface area contributed by atoms with Crippen LogP contribution in [-0.4, -0.2) is 12.5 Å². The Hall–Kier alpha value is -1.42. The minimum Gasteiger partial charge on any atom is -0.369 e. The lowest BCUT2D eigenvalue weighted by Gasteiger charge is -2.27. The monoisotopic (exact) mass is 339 g/mol. The van der Waals surface area contributed by atoms with Gasteiger partial charge in [-0.1, -0.05) is 46.9 Å². The Morgan fingerprint density at radius 2 is 1.86 bits per heavy atom. The predicted octanol–water partition coefficient (Wildman–Crippen LogP) is 4.52. The second-order valence-electron chi connectivity index (χ2n) is 4.74. The fraction of sp³-hybridized carbons (Fsp3) is 0.133. The van der Waals surface area contributed by atoms with E-state index in [9.17, 15) is 0 Å². The minimum absolute atomic E-state index is 0.0155. The Bertz CT molecular complexity index is 715. The third kappa shape index (κ3) is 2.82. The normalized spacial score (nSPS) is 18.0. The first-order valence-electron chi connectivity index (χ1n) is 6.36. The van der Waals surface area contributed by atoms with Crippen molar-refractivity contribution in [2.45, 2.75) is 6.04 Å². The molecular formula is C15H12Cl3N3. The molecular weight excluding hydrogens is 329 g/mol. The Balaban J connectivity index is 2.00. The van der Waals surface area contributed by atoms with Gasteiger partial charge in [0, 0.05) is 10.7 Å². The van der Waals surface area contributed by atoms with Crippen molar-refractivity contribution < 1.29 is 0 Å². The van der Waals surface area contributed by atoms with E-state index in [4.69, 9.17) is 40.5 Å². The molecule has 0 aliphatic carbocycles. The van der Waals surface area contributed by atoms with Crippen LogP contribution in [0.15, 0.2) is 47.5 Å². The van der Waals surface area contributed by atoms with Crippen molar-refractivity contribution in [2.75, 3.05) is 11.4 Å². The Morgan fingerprint density at radius 1 is 1.05 bits per heavy atom. The van der Waals surface area contributed by atoms with Crippen LogP contribution in [0.5, 0.6) is 0 Å². The average molecular weight is 341 g/mol. The third-order valence-electron chi connectivity index (χ3n) is 3.40. The summed E-state index contributed by atoms with van der Waals surface area (Å²) in [5, 5.41) is 1.70. The van der Waals surface area contributed by atoms with Crippen molar-refractivity contribution in [1.82, 2.24) is 0 Å². The summed E-state index contributed by atoms with van der Waals surface area (Å²) in [7, 11) is 0. The van der Waals surface area contributed by atoms with Crippen molar-refractivity contribution in [2.24, 2.45) is 10.7 Å². The van der Waals surface area contributed by atoms with Gasteiger partial charge in [0.15, 0.2) is 5.96 Å². The molecule has 2 N–H and O–H groups in total. The quantitative estimate of drug-likeness (QED) is 0.873. The summed E-state index contributed by atoms with van der Waals surface area (Å²) >= 11 is 18.1. The number of nitrogens with zero attached hydrogens (tertiary/aromatic N) is 2. The Morgan fingerprint density at radius 3 is 2.57 bits per heavy atom. The topological polar surface area (TPSA) is 41.6 Å². The van der Waals surface area contributed by atoms with Crippen LogP contribution in [0.4, 0.5) is 5.69 Å². The highest BCUT2D eigenvalue weighted by atomic mass is 35.5. The lowest BCUT2D eigenvalue weighted by Crippen LogP contribution is -2.36. The molecule has 1 aliphatic rings. The largest absolute Gasteiger partial charge is 0.369 e. The number of guanidine groups is 1. The van der Waals surface area contributed by atoms with Gasteiger partial charge in [-0.2, -0.15) is 0 Å². The molecule has 2 aromatic rings. The van der Waals surface area contributed by atoms with E-state index in [2.05, 4.69) is 4.99 Å². The molecule has 6 heteroatoms. The zero-order valence-corrected chi connectivity index (χ0v) is 13.2.